The third kappa shape index (κ3) is 3.61. The van der Waals surface area contributed by atoms with Gasteiger partial charge in [-0.15, -0.1) is 0 Å². The smallest absolute Gasteiger partial charge is 0.189 e. The van der Waals surface area contributed by atoms with Crippen LogP contribution in [-0.4, -0.2) is 27.4 Å². The lowest BCUT2D eigenvalue weighted by Gasteiger charge is -2.05. The van der Waals surface area contributed by atoms with E-state index >= 15 is 0 Å². The van der Waals surface area contributed by atoms with Crippen molar-refractivity contribution in [2.75, 3.05) is 18.1 Å². The van der Waals surface area contributed by atoms with Gasteiger partial charge in [0.05, 0.1) is 0 Å². The number of thioether (sulfide) groups is 1. The largest absolute Gasteiger partial charge is 0.396 e. The van der Waals surface area contributed by atoms with Crippen LogP contribution in [0.4, 0.5) is 5.82 Å². The fourth-order valence-electron chi connectivity index (χ4n) is 0.693. The first-order valence-electron chi connectivity index (χ1n) is 4.04. The molecule has 1 rings (SSSR count). The lowest BCUT2D eigenvalue weighted by atomic mass is 10.2. The molecule has 1 aromatic rings. The monoisotopic (exact) mass is 199 g/mol. The molecule has 1 unspecified atom stereocenters. The van der Waals surface area contributed by atoms with Crippen molar-refractivity contribution in [1.29, 1.82) is 0 Å². The SMILES string of the molecule is CC(CO)CSc1nccc(N)n1. The maximum Gasteiger partial charge on any atom is 0.189 e. The van der Waals surface area contributed by atoms with E-state index in [0.717, 1.165) is 5.75 Å². The van der Waals surface area contributed by atoms with Gasteiger partial charge in [0, 0.05) is 18.6 Å². The molecule has 1 heterocycles. The molecule has 13 heavy (non-hydrogen) atoms. The molecule has 0 amide bonds. The van der Waals surface area contributed by atoms with Crippen molar-refractivity contribution in [3.05, 3.63) is 12.3 Å². The van der Waals surface area contributed by atoms with Crippen LogP contribution in [0.5, 0.6) is 0 Å². The van der Waals surface area contributed by atoms with E-state index in [-0.39, 0.29) is 12.5 Å². The summed E-state index contributed by atoms with van der Waals surface area (Å²) in [4.78, 5) is 8.06. The fraction of sp³-hybridized carbons (Fsp3) is 0.500. The Kier molecular flexibility index (Phi) is 3.98. The number of aliphatic hydroxyl groups excluding tert-OH is 1. The number of nitrogens with two attached hydrogens (primary N) is 1. The zero-order chi connectivity index (χ0) is 9.68. The molecule has 5 heteroatoms. The second-order valence-electron chi connectivity index (χ2n) is 2.86. The van der Waals surface area contributed by atoms with Crippen LogP contribution in [0.2, 0.25) is 0 Å². The van der Waals surface area contributed by atoms with Crippen LogP contribution in [-0.2, 0) is 0 Å². The van der Waals surface area contributed by atoms with Gasteiger partial charge in [-0.2, -0.15) is 0 Å². The van der Waals surface area contributed by atoms with Crippen LogP contribution >= 0.6 is 11.8 Å². The van der Waals surface area contributed by atoms with E-state index < -0.39 is 0 Å². The van der Waals surface area contributed by atoms with Gasteiger partial charge in [-0.1, -0.05) is 18.7 Å². The molecular formula is C8H13N3OS. The van der Waals surface area contributed by atoms with Crippen molar-refractivity contribution < 1.29 is 5.11 Å². The molecule has 0 fully saturated rings. The topological polar surface area (TPSA) is 72.0 Å². The maximum atomic E-state index is 8.79. The zero-order valence-corrected chi connectivity index (χ0v) is 8.29. The van der Waals surface area contributed by atoms with Crippen LogP contribution in [0.15, 0.2) is 17.4 Å². The minimum Gasteiger partial charge on any atom is -0.396 e. The second-order valence-corrected chi connectivity index (χ2v) is 3.85. The van der Waals surface area contributed by atoms with E-state index in [1.165, 1.54) is 11.8 Å². The lowest BCUT2D eigenvalue weighted by Crippen LogP contribution is -2.04. The third-order valence-corrected chi connectivity index (χ3v) is 2.65. The van der Waals surface area contributed by atoms with E-state index in [1.54, 1.807) is 12.3 Å². The van der Waals surface area contributed by atoms with Gasteiger partial charge in [0.15, 0.2) is 5.16 Å². The summed E-state index contributed by atoms with van der Waals surface area (Å²) in [5.41, 5.74) is 5.48. The number of aliphatic hydroxyl groups is 1. The normalized spacial score (nSPS) is 12.8. The Hall–Kier alpha value is -0.810. The first kappa shape index (κ1) is 10.3. The standard InChI is InChI=1S/C8H13N3OS/c1-6(4-12)5-13-8-10-3-2-7(9)11-8/h2-3,6,12H,4-5H2,1H3,(H2,9,10,11). The Morgan fingerprint density at radius 3 is 3.08 bits per heavy atom. The number of rotatable bonds is 4. The van der Waals surface area contributed by atoms with Crippen molar-refractivity contribution >= 4 is 17.6 Å². The van der Waals surface area contributed by atoms with E-state index in [9.17, 15) is 0 Å². The number of hydrogen-bond donors (Lipinski definition) is 2. The van der Waals surface area contributed by atoms with Crippen LogP contribution in [0.25, 0.3) is 0 Å². The number of aromatic nitrogens is 2. The molecule has 1 atom stereocenters. The molecule has 0 aromatic carbocycles. The Balaban J connectivity index is 2.45. The molecule has 4 nitrogen and oxygen atoms in total. The highest BCUT2D eigenvalue weighted by atomic mass is 32.2. The van der Waals surface area contributed by atoms with Crippen LogP contribution in [0.3, 0.4) is 0 Å². The second kappa shape index (κ2) is 5.04. The lowest BCUT2D eigenvalue weighted by molar-refractivity contribution is 0.250. The Morgan fingerprint density at radius 1 is 1.69 bits per heavy atom. The summed E-state index contributed by atoms with van der Waals surface area (Å²) in [6.07, 6.45) is 1.63. The molecule has 0 aliphatic heterocycles. The third-order valence-electron chi connectivity index (χ3n) is 1.46. The molecule has 0 bridgehead atoms. The van der Waals surface area contributed by atoms with Crippen LogP contribution in [0, 0.1) is 5.92 Å². The number of hydrogen-bond acceptors (Lipinski definition) is 5. The fourth-order valence-corrected chi connectivity index (χ4v) is 1.54. The molecule has 72 valence electrons. The van der Waals surface area contributed by atoms with E-state index in [2.05, 4.69) is 9.97 Å². The highest BCUT2D eigenvalue weighted by Crippen LogP contribution is 2.16. The molecule has 0 saturated carbocycles. The average Bonchev–Trinajstić information content (AvgIpc) is 2.14. The van der Waals surface area contributed by atoms with Crippen molar-refractivity contribution in [2.24, 2.45) is 5.92 Å². The molecule has 0 saturated heterocycles. The summed E-state index contributed by atoms with van der Waals surface area (Å²) in [6.45, 7) is 2.16. The average molecular weight is 199 g/mol. The summed E-state index contributed by atoms with van der Waals surface area (Å²) in [5.74, 6) is 1.55. The molecular weight excluding hydrogens is 186 g/mol. The minimum atomic E-state index is 0.190. The summed E-state index contributed by atoms with van der Waals surface area (Å²) in [6, 6.07) is 1.65. The number of nitrogen functional groups attached to an aromatic ring is 1. The Bertz CT molecular complexity index is 269. The van der Waals surface area contributed by atoms with Gasteiger partial charge in [-0.3, -0.25) is 0 Å². The number of nitrogens with zero attached hydrogens (tertiary/aromatic N) is 2. The molecule has 3 N–H and O–H groups in total. The first-order valence-corrected chi connectivity index (χ1v) is 5.03. The van der Waals surface area contributed by atoms with Gasteiger partial charge >= 0.3 is 0 Å². The van der Waals surface area contributed by atoms with Crippen molar-refractivity contribution in [2.45, 2.75) is 12.1 Å². The summed E-state index contributed by atoms with van der Waals surface area (Å²) in [7, 11) is 0. The van der Waals surface area contributed by atoms with Crippen molar-refractivity contribution in [3.8, 4) is 0 Å². The maximum absolute atomic E-state index is 8.79. The molecule has 1 aromatic heterocycles. The minimum absolute atomic E-state index is 0.190. The van der Waals surface area contributed by atoms with E-state index in [4.69, 9.17) is 10.8 Å². The van der Waals surface area contributed by atoms with Gasteiger partial charge in [-0.05, 0) is 12.0 Å². The van der Waals surface area contributed by atoms with Gasteiger partial charge in [-0.25, -0.2) is 9.97 Å². The predicted octanol–water partition coefficient (Wildman–Crippen LogP) is 0.779. The summed E-state index contributed by atoms with van der Waals surface area (Å²) >= 11 is 1.51. The Labute approximate surface area is 81.6 Å². The van der Waals surface area contributed by atoms with Crippen molar-refractivity contribution in [1.82, 2.24) is 9.97 Å². The van der Waals surface area contributed by atoms with Gasteiger partial charge < -0.3 is 10.8 Å². The molecule has 0 aliphatic carbocycles. The molecule has 0 aliphatic rings. The quantitative estimate of drug-likeness (QED) is 0.554. The van der Waals surface area contributed by atoms with E-state index in [1.807, 2.05) is 6.92 Å². The van der Waals surface area contributed by atoms with E-state index in [0.29, 0.717) is 11.0 Å². The highest BCUT2D eigenvalue weighted by Gasteiger charge is 2.03. The van der Waals surface area contributed by atoms with Gasteiger partial charge in [0.1, 0.15) is 5.82 Å². The first-order chi connectivity index (χ1) is 6.22. The summed E-state index contributed by atoms with van der Waals surface area (Å²) in [5, 5.41) is 9.46. The van der Waals surface area contributed by atoms with Crippen LogP contribution < -0.4 is 5.73 Å². The van der Waals surface area contributed by atoms with Gasteiger partial charge in [0.2, 0.25) is 0 Å². The Morgan fingerprint density at radius 2 is 2.46 bits per heavy atom. The highest BCUT2D eigenvalue weighted by molar-refractivity contribution is 7.99. The van der Waals surface area contributed by atoms with Gasteiger partial charge in [0.25, 0.3) is 0 Å². The molecule has 0 spiro atoms. The summed E-state index contributed by atoms with van der Waals surface area (Å²) < 4.78 is 0. The predicted molar refractivity (Wildman–Crippen MR) is 53.4 cm³/mol. The molecule has 0 radical (unpaired) electrons. The zero-order valence-electron chi connectivity index (χ0n) is 7.47. The van der Waals surface area contributed by atoms with Crippen LogP contribution in [0.1, 0.15) is 6.92 Å². The van der Waals surface area contributed by atoms with Crippen molar-refractivity contribution in [3.63, 3.8) is 0 Å². The number of anilines is 1.